The summed E-state index contributed by atoms with van der Waals surface area (Å²) in [5.74, 6) is 0. The van der Waals surface area contributed by atoms with Crippen molar-refractivity contribution >= 4 is 6.29 Å². The number of benzene rings is 2. The predicted octanol–water partition coefficient (Wildman–Crippen LogP) is 3.54. The molecule has 0 aliphatic carbocycles. The lowest BCUT2D eigenvalue weighted by molar-refractivity contribution is 0.112. The molecule has 2 aromatic rings. The van der Waals surface area contributed by atoms with Gasteiger partial charge in [-0.25, -0.2) is 0 Å². The molecule has 2 rings (SSSR count). The van der Waals surface area contributed by atoms with Gasteiger partial charge in [-0.15, -0.1) is 0 Å². The average Bonchev–Trinajstić information content (AvgIpc) is 2.41. The van der Waals surface area contributed by atoms with Crippen LogP contribution < -0.4 is 0 Å². The van der Waals surface area contributed by atoms with Gasteiger partial charge in [0.25, 0.3) is 0 Å². The van der Waals surface area contributed by atoms with Crippen molar-refractivity contribution < 1.29 is 4.79 Å². The normalized spacial score (nSPS) is 9.78. The van der Waals surface area contributed by atoms with Crippen LogP contribution in [0.15, 0.2) is 42.5 Å². The Morgan fingerprint density at radius 1 is 1.17 bits per heavy atom. The molecule has 2 nitrogen and oxygen atoms in total. The van der Waals surface area contributed by atoms with E-state index in [1.165, 1.54) is 0 Å². The molecular formula is C16H13NO. The maximum absolute atomic E-state index is 10.8. The minimum atomic E-state index is 0.431. The van der Waals surface area contributed by atoms with E-state index in [0.29, 0.717) is 12.0 Å². The van der Waals surface area contributed by atoms with E-state index in [-0.39, 0.29) is 0 Å². The Morgan fingerprint density at radius 3 is 2.61 bits per heavy atom. The van der Waals surface area contributed by atoms with Gasteiger partial charge in [-0.05, 0) is 35.2 Å². The molecular weight excluding hydrogens is 222 g/mol. The summed E-state index contributed by atoms with van der Waals surface area (Å²) in [6, 6.07) is 15.7. The summed E-state index contributed by atoms with van der Waals surface area (Å²) in [4.78, 5) is 10.8. The van der Waals surface area contributed by atoms with Crippen LogP contribution in [0, 0.1) is 18.3 Å². The highest BCUT2D eigenvalue weighted by Gasteiger charge is 2.03. The molecule has 0 unspecified atom stereocenters. The van der Waals surface area contributed by atoms with E-state index < -0.39 is 0 Å². The Labute approximate surface area is 107 Å². The highest BCUT2D eigenvalue weighted by atomic mass is 16.1. The van der Waals surface area contributed by atoms with E-state index in [2.05, 4.69) is 12.1 Å². The number of aldehydes is 1. The van der Waals surface area contributed by atoms with Crippen LogP contribution >= 0.6 is 0 Å². The molecule has 0 amide bonds. The molecule has 0 radical (unpaired) electrons. The molecule has 0 heterocycles. The quantitative estimate of drug-likeness (QED) is 0.763. The molecule has 2 heteroatoms. The van der Waals surface area contributed by atoms with Gasteiger partial charge in [0.15, 0.2) is 0 Å². The van der Waals surface area contributed by atoms with Crippen molar-refractivity contribution in [2.75, 3.05) is 0 Å². The number of rotatable bonds is 3. The zero-order chi connectivity index (χ0) is 13.0. The van der Waals surface area contributed by atoms with Crippen LogP contribution in [0.5, 0.6) is 0 Å². The van der Waals surface area contributed by atoms with Crippen LogP contribution in [-0.4, -0.2) is 6.29 Å². The third kappa shape index (κ3) is 2.46. The number of nitriles is 1. The largest absolute Gasteiger partial charge is 0.298 e. The zero-order valence-corrected chi connectivity index (χ0v) is 10.2. The lowest BCUT2D eigenvalue weighted by atomic mass is 9.98. The SMILES string of the molecule is Cc1cc(-c2cccc(C=O)c2)ccc1CC#N. The number of hydrogen-bond acceptors (Lipinski definition) is 2. The first-order valence-electron chi connectivity index (χ1n) is 5.76. The molecule has 0 fully saturated rings. The zero-order valence-electron chi connectivity index (χ0n) is 10.2. The molecule has 0 N–H and O–H groups in total. The molecule has 0 aromatic heterocycles. The van der Waals surface area contributed by atoms with E-state index in [1.54, 1.807) is 6.07 Å². The second-order valence-corrected chi connectivity index (χ2v) is 4.22. The maximum atomic E-state index is 10.8. The Kier molecular flexibility index (Phi) is 3.54. The fourth-order valence-corrected chi connectivity index (χ4v) is 1.95. The van der Waals surface area contributed by atoms with Crippen molar-refractivity contribution in [3.8, 4) is 17.2 Å². The van der Waals surface area contributed by atoms with Gasteiger partial charge in [-0.3, -0.25) is 4.79 Å². The van der Waals surface area contributed by atoms with Crippen LogP contribution in [0.25, 0.3) is 11.1 Å². The van der Waals surface area contributed by atoms with Crippen LogP contribution in [0.3, 0.4) is 0 Å². The van der Waals surface area contributed by atoms with Crippen molar-refractivity contribution in [2.24, 2.45) is 0 Å². The van der Waals surface area contributed by atoms with Gasteiger partial charge in [-0.2, -0.15) is 5.26 Å². The predicted molar refractivity (Wildman–Crippen MR) is 71.3 cm³/mol. The number of nitrogens with zero attached hydrogens (tertiary/aromatic N) is 1. The summed E-state index contributed by atoms with van der Waals surface area (Å²) in [5, 5.41) is 8.71. The van der Waals surface area contributed by atoms with Gasteiger partial charge in [-0.1, -0.05) is 36.4 Å². The highest BCUT2D eigenvalue weighted by Crippen LogP contribution is 2.23. The van der Waals surface area contributed by atoms with Crippen molar-refractivity contribution in [3.63, 3.8) is 0 Å². The van der Waals surface area contributed by atoms with E-state index in [4.69, 9.17) is 5.26 Å². The Hall–Kier alpha value is -2.40. The number of carbonyl (C=O) groups is 1. The second-order valence-electron chi connectivity index (χ2n) is 4.22. The fraction of sp³-hybridized carbons (Fsp3) is 0.125. The first-order chi connectivity index (χ1) is 8.74. The summed E-state index contributed by atoms with van der Waals surface area (Å²) in [6.07, 6.45) is 1.28. The van der Waals surface area contributed by atoms with Gasteiger partial charge in [0.1, 0.15) is 6.29 Å². The van der Waals surface area contributed by atoms with Crippen molar-refractivity contribution in [1.82, 2.24) is 0 Å². The molecule has 0 aliphatic heterocycles. The average molecular weight is 235 g/mol. The van der Waals surface area contributed by atoms with Gasteiger partial charge in [0.05, 0.1) is 12.5 Å². The highest BCUT2D eigenvalue weighted by molar-refractivity contribution is 5.79. The van der Waals surface area contributed by atoms with Crippen molar-refractivity contribution in [1.29, 1.82) is 5.26 Å². The number of hydrogen-bond donors (Lipinski definition) is 0. The Morgan fingerprint density at radius 2 is 1.94 bits per heavy atom. The molecule has 0 bridgehead atoms. The smallest absolute Gasteiger partial charge is 0.150 e. The number of carbonyl (C=O) groups excluding carboxylic acids is 1. The fourth-order valence-electron chi connectivity index (χ4n) is 1.95. The Balaban J connectivity index is 2.42. The monoisotopic (exact) mass is 235 g/mol. The van der Waals surface area contributed by atoms with E-state index in [1.807, 2.05) is 37.3 Å². The van der Waals surface area contributed by atoms with Crippen LogP contribution in [0.4, 0.5) is 0 Å². The molecule has 2 aromatic carbocycles. The van der Waals surface area contributed by atoms with Gasteiger partial charge < -0.3 is 0 Å². The summed E-state index contributed by atoms with van der Waals surface area (Å²) in [5.41, 5.74) is 4.91. The molecule has 88 valence electrons. The molecule has 0 saturated carbocycles. The third-order valence-corrected chi connectivity index (χ3v) is 2.97. The minimum absolute atomic E-state index is 0.431. The summed E-state index contributed by atoms with van der Waals surface area (Å²) in [7, 11) is 0. The summed E-state index contributed by atoms with van der Waals surface area (Å²) < 4.78 is 0. The van der Waals surface area contributed by atoms with Crippen LogP contribution in [0.2, 0.25) is 0 Å². The molecule has 0 atom stereocenters. The first kappa shape index (κ1) is 12.1. The van der Waals surface area contributed by atoms with Gasteiger partial charge >= 0.3 is 0 Å². The van der Waals surface area contributed by atoms with E-state index in [0.717, 1.165) is 28.5 Å². The van der Waals surface area contributed by atoms with Crippen molar-refractivity contribution in [3.05, 3.63) is 59.2 Å². The topological polar surface area (TPSA) is 40.9 Å². The molecule has 0 aliphatic rings. The third-order valence-electron chi connectivity index (χ3n) is 2.97. The molecule has 0 spiro atoms. The van der Waals surface area contributed by atoms with E-state index in [9.17, 15) is 4.79 Å². The lowest BCUT2D eigenvalue weighted by Gasteiger charge is -2.07. The number of aryl methyl sites for hydroxylation is 1. The van der Waals surface area contributed by atoms with Gasteiger partial charge in [0.2, 0.25) is 0 Å². The first-order valence-corrected chi connectivity index (χ1v) is 5.76. The van der Waals surface area contributed by atoms with Gasteiger partial charge in [0, 0.05) is 5.56 Å². The second kappa shape index (κ2) is 5.29. The maximum Gasteiger partial charge on any atom is 0.150 e. The lowest BCUT2D eigenvalue weighted by Crippen LogP contribution is -1.89. The van der Waals surface area contributed by atoms with Crippen molar-refractivity contribution in [2.45, 2.75) is 13.3 Å². The van der Waals surface area contributed by atoms with Crippen LogP contribution in [-0.2, 0) is 6.42 Å². The standard InChI is InChI=1S/C16H13NO/c1-12-9-16(6-5-14(12)7-8-17)15-4-2-3-13(10-15)11-18/h2-6,9-11H,7H2,1H3. The molecule has 18 heavy (non-hydrogen) atoms. The Bertz CT molecular complexity index is 623. The molecule has 0 saturated heterocycles. The van der Waals surface area contributed by atoms with Crippen LogP contribution in [0.1, 0.15) is 21.5 Å². The minimum Gasteiger partial charge on any atom is -0.298 e. The summed E-state index contributed by atoms with van der Waals surface area (Å²) in [6.45, 7) is 2.00. The summed E-state index contributed by atoms with van der Waals surface area (Å²) >= 11 is 0. The van der Waals surface area contributed by atoms with E-state index >= 15 is 0 Å².